The summed E-state index contributed by atoms with van der Waals surface area (Å²) in [6.45, 7) is 5.63. The van der Waals surface area contributed by atoms with E-state index in [1.807, 2.05) is 6.92 Å². The van der Waals surface area contributed by atoms with Gasteiger partial charge in [0.25, 0.3) is 0 Å². The minimum absolute atomic E-state index is 0.213. The van der Waals surface area contributed by atoms with E-state index in [-0.39, 0.29) is 6.09 Å². The number of rotatable bonds is 3. The molecule has 4 rings (SSSR count). The predicted molar refractivity (Wildman–Crippen MR) is 101 cm³/mol. The molecule has 2 fully saturated rings. The number of benzene rings is 1. The molecule has 2 aliphatic rings. The van der Waals surface area contributed by atoms with Gasteiger partial charge in [-0.05, 0) is 57.7 Å². The molecule has 0 spiro atoms. The lowest BCUT2D eigenvalue weighted by atomic mass is 9.88. The fraction of sp³-hybridized carbons (Fsp3) is 0.571. The summed E-state index contributed by atoms with van der Waals surface area (Å²) in [5.74, 6) is -1.42. The number of hydrogen-bond donors (Lipinski definition) is 0. The Hall–Kier alpha value is -2.15. The van der Waals surface area contributed by atoms with E-state index in [2.05, 4.69) is 4.90 Å². The first kappa shape index (κ1) is 19.2. The number of amides is 1. The van der Waals surface area contributed by atoms with Crippen molar-refractivity contribution in [3.8, 4) is 0 Å². The molecule has 0 N–H and O–H groups in total. The molecule has 0 atom stereocenters. The van der Waals surface area contributed by atoms with Crippen molar-refractivity contribution in [1.82, 2.24) is 9.80 Å². The lowest BCUT2D eigenvalue weighted by molar-refractivity contribution is 0.0663. The molecule has 1 amide bonds. The van der Waals surface area contributed by atoms with Crippen LogP contribution >= 0.6 is 0 Å². The van der Waals surface area contributed by atoms with Gasteiger partial charge in [-0.25, -0.2) is 13.6 Å². The van der Waals surface area contributed by atoms with Crippen molar-refractivity contribution < 1.29 is 22.7 Å². The van der Waals surface area contributed by atoms with E-state index in [1.165, 1.54) is 6.07 Å². The Balaban J connectivity index is 1.34. The second-order valence-corrected chi connectivity index (χ2v) is 7.68. The van der Waals surface area contributed by atoms with Gasteiger partial charge in [-0.1, -0.05) is 0 Å². The summed E-state index contributed by atoms with van der Waals surface area (Å²) in [5, 5.41) is 0.681. The van der Waals surface area contributed by atoms with Gasteiger partial charge in [0.15, 0.2) is 11.6 Å². The van der Waals surface area contributed by atoms with Crippen LogP contribution in [0.5, 0.6) is 0 Å². The zero-order valence-corrected chi connectivity index (χ0v) is 16.1. The van der Waals surface area contributed by atoms with Crippen LogP contribution in [0.1, 0.15) is 44.1 Å². The molecule has 0 bridgehead atoms. The molecule has 0 radical (unpaired) electrons. The summed E-state index contributed by atoms with van der Waals surface area (Å²) in [7, 11) is 0. The highest BCUT2D eigenvalue weighted by Crippen LogP contribution is 2.36. The number of nitrogens with zero attached hydrogens (tertiary/aromatic N) is 2. The summed E-state index contributed by atoms with van der Waals surface area (Å²) in [6.07, 6.45) is 5.29. The zero-order valence-electron chi connectivity index (χ0n) is 16.1. The first-order chi connectivity index (χ1) is 13.6. The first-order valence-corrected chi connectivity index (χ1v) is 10.1. The van der Waals surface area contributed by atoms with Crippen molar-refractivity contribution in [1.29, 1.82) is 0 Å². The Labute approximate surface area is 163 Å². The molecule has 7 heteroatoms. The molecule has 152 valence electrons. The highest BCUT2D eigenvalue weighted by atomic mass is 19.2. The Kier molecular flexibility index (Phi) is 5.53. The van der Waals surface area contributed by atoms with E-state index in [9.17, 15) is 13.6 Å². The molecular formula is C21H26F2N2O3. The summed E-state index contributed by atoms with van der Waals surface area (Å²) in [6, 6.07) is 2.86. The fourth-order valence-corrected chi connectivity index (χ4v) is 4.56. The lowest BCUT2D eigenvalue weighted by Gasteiger charge is -2.41. The van der Waals surface area contributed by atoms with Crippen molar-refractivity contribution in [2.75, 3.05) is 32.8 Å². The Bertz CT molecular complexity index is 838. The van der Waals surface area contributed by atoms with Gasteiger partial charge in [-0.15, -0.1) is 0 Å². The standard InChI is InChI=1S/C21H26F2N2O3/c1-2-27-21(26)25-9-5-15(6-10-25)24-7-3-14(4-8-24)17-13-28-20-12-19(23)18(22)11-16(17)20/h11-15H,2-10H2,1H3. The van der Waals surface area contributed by atoms with Crippen molar-refractivity contribution in [3.05, 3.63) is 35.6 Å². The lowest BCUT2D eigenvalue weighted by Crippen LogP contribution is -2.48. The van der Waals surface area contributed by atoms with Gasteiger partial charge in [0.05, 0.1) is 12.9 Å². The summed E-state index contributed by atoms with van der Waals surface area (Å²) >= 11 is 0. The van der Waals surface area contributed by atoms with Gasteiger partial charge < -0.3 is 19.0 Å². The largest absolute Gasteiger partial charge is 0.464 e. The maximum absolute atomic E-state index is 13.7. The van der Waals surface area contributed by atoms with Crippen LogP contribution in [0.4, 0.5) is 13.6 Å². The molecular weight excluding hydrogens is 366 g/mol. The first-order valence-electron chi connectivity index (χ1n) is 10.1. The maximum Gasteiger partial charge on any atom is 0.409 e. The number of ether oxygens (including phenoxy) is 1. The second kappa shape index (κ2) is 8.07. The predicted octanol–water partition coefficient (Wildman–Crippen LogP) is 4.51. The minimum Gasteiger partial charge on any atom is -0.464 e. The number of fused-ring (bicyclic) bond motifs is 1. The van der Waals surface area contributed by atoms with Gasteiger partial charge in [-0.2, -0.15) is 0 Å². The Morgan fingerprint density at radius 3 is 2.46 bits per heavy atom. The zero-order chi connectivity index (χ0) is 19.7. The van der Waals surface area contributed by atoms with E-state index in [4.69, 9.17) is 9.15 Å². The molecule has 0 saturated carbocycles. The smallest absolute Gasteiger partial charge is 0.409 e. The normalized spacial score (nSPS) is 20.0. The average molecular weight is 392 g/mol. The van der Waals surface area contributed by atoms with Gasteiger partial charge in [0.1, 0.15) is 5.58 Å². The molecule has 0 unspecified atom stereocenters. The van der Waals surface area contributed by atoms with E-state index < -0.39 is 11.6 Å². The summed E-state index contributed by atoms with van der Waals surface area (Å²) in [4.78, 5) is 16.1. The van der Waals surface area contributed by atoms with Gasteiger partial charge in [0, 0.05) is 36.1 Å². The van der Waals surface area contributed by atoms with Crippen LogP contribution in [0.3, 0.4) is 0 Å². The monoisotopic (exact) mass is 392 g/mol. The van der Waals surface area contributed by atoms with Crippen molar-refractivity contribution >= 4 is 17.1 Å². The molecule has 28 heavy (non-hydrogen) atoms. The maximum atomic E-state index is 13.7. The molecule has 2 aliphatic heterocycles. The number of carbonyl (C=O) groups excluding carboxylic acids is 1. The van der Waals surface area contributed by atoms with Gasteiger partial charge in [0.2, 0.25) is 0 Å². The van der Waals surface area contributed by atoms with Crippen molar-refractivity contribution in [3.63, 3.8) is 0 Å². The SMILES string of the molecule is CCOC(=O)N1CCC(N2CCC(c3coc4cc(F)c(F)cc34)CC2)CC1. The van der Waals surface area contributed by atoms with Crippen molar-refractivity contribution in [2.45, 2.75) is 44.6 Å². The van der Waals surface area contributed by atoms with E-state index in [0.717, 1.165) is 63.5 Å². The topological polar surface area (TPSA) is 45.9 Å². The third kappa shape index (κ3) is 3.72. The average Bonchev–Trinajstić information content (AvgIpc) is 3.11. The van der Waals surface area contributed by atoms with Crippen LogP contribution in [0.15, 0.2) is 22.8 Å². The van der Waals surface area contributed by atoms with Crippen LogP contribution in [-0.4, -0.2) is 54.7 Å². The number of likely N-dealkylation sites (tertiary alicyclic amines) is 2. The van der Waals surface area contributed by atoms with Crippen LogP contribution in [0.2, 0.25) is 0 Å². The fourth-order valence-electron chi connectivity index (χ4n) is 4.56. The van der Waals surface area contributed by atoms with Gasteiger partial charge in [-0.3, -0.25) is 0 Å². The number of furan rings is 1. The summed E-state index contributed by atoms with van der Waals surface area (Å²) in [5.41, 5.74) is 1.38. The van der Waals surface area contributed by atoms with E-state index >= 15 is 0 Å². The van der Waals surface area contributed by atoms with Crippen LogP contribution in [-0.2, 0) is 4.74 Å². The molecule has 3 heterocycles. The molecule has 1 aromatic heterocycles. The van der Waals surface area contributed by atoms with E-state index in [0.29, 0.717) is 29.5 Å². The highest BCUT2D eigenvalue weighted by Gasteiger charge is 2.31. The molecule has 1 aromatic carbocycles. The molecule has 2 saturated heterocycles. The van der Waals surface area contributed by atoms with E-state index in [1.54, 1.807) is 11.2 Å². The number of hydrogen-bond acceptors (Lipinski definition) is 4. The minimum atomic E-state index is -0.877. The summed E-state index contributed by atoms with van der Waals surface area (Å²) < 4.78 is 37.6. The number of piperidine rings is 2. The van der Waals surface area contributed by atoms with Crippen molar-refractivity contribution in [2.24, 2.45) is 0 Å². The third-order valence-electron chi connectivity index (χ3n) is 6.12. The Morgan fingerprint density at radius 1 is 1.11 bits per heavy atom. The quantitative estimate of drug-likeness (QED) is 0.771. The molecule has 0 aliphatic carbocycles. The molecule has 5 nitrogen and oxygen atoms in total. The number of halogens is 2. The highest BCUT2D eigenvalue weighted by molar-refractivity contribution is 5.81. The second-order valence-electron chi connectivity index (χ2n) is 7.68. The van der Waals surface area contributed by atoms with Crippen LogP contribution in [0, 0.1) is 11.6 Å². The third-order valence-corrected chi connectivity index (χ3v) is 6.12. The molecule has 2 aromatic rings. The van der Waals surface area contributed by atoms with Crippen LogP contribution < -0.4 is 0 Å². The number of carbonyl (C=O) groups is 1. The van der Waals surface area contributed by atoms with Crippen LogP contribution in [0.25, 0.3) is 11.0 Å². The van der Waals surface area contributed by atoms with Gasteiger partial charge >= 0.3 is 6.09 Å². The Morgan fingerprint density at radius 2 is 1.79 bits per heavy atom.